The Labute approximate surface area is 87.4 Å². The van der Waals surface area contributed by atoms with E-state index in [1.165, 1.54) is 0 Å². The SMILES string of the molecule is CC(C)C(N)CC(=O)NC(C)C(C)C. The third-order valence-corrected chi connectivity index (χ3v) is 2.67. The Bertz CT molecular complexity index is 160. The van der Waals surface area contributed by atoms with Crippen LogP contribution in [0.15, 0.2) is 0 Å². The molecule has 0 spiro atoms. The second kappa shape index (κ2) is 6.02. The summed E-state index contributed by atoms with van der Waals surface area (Å²) < 4.78 is 0. The van der Waals surface area contributed by atoms with Crippen molar-refractivity contribution in [3.63, 3.8) is 0 Å². The molecule has 0 aliphatic rings. The second-order valence-electron chi connectivity index (χ2n) is 4.71. The van der Waals surface area contributed by atoms with Gasteiger partial charge in [-0.2, -0.15) is 0 Å². The fourth-order valence-corrected chi connectivity index (χ4v) is 0.929. The number of carbonyl (C=O) groups is 1. The summed E-state index contributed by atoms with van der Waals surface area (Å²) in [7, 11) is 0. The molecule has 3 heteroatoms. The summed E-state index contributed by atoms with van der Waals surface area (Å²) in [5.41, 5.74) is 5.81. The van der Waals surface area contributed by atoms with Crippen molar-refractivity contribution in [1.29, 1.82) is 0 Å². The van der Waals surface area contributed by atoms with Gasteiger partial charge in [-0.05, 0) is 18.8 Å². The lowest BCUT2D eigenvalue weighted by Gasteiger charge is -2.20. The number of nitrogens with one attached hydrogen (secondary N) is 1. The summed E-state index contributed by atoms with van der Waals surface area (Å²) in [6.07, 6.45) is 0.425. The number of carbonyl (C=O) groups excluding carboxylic acids is 1. The summed E-state index contributed by atoms with van der Waals surface area (Å²) in [6.45, 7) is 10.3. The minimum Gasteiger partial charge on any atom is -0.353 e. The predicted octanol–water partition coefficient (Wildman–Crippen LogP) is 1.52. The lowest BCUT2D eigenvalue weighted by atomic mass is 10.0. The molecular formula is C11H24N2O. The average molecular weight is 200 g/mol. The Morgan fingerprint density at radius 2 is 1.64 bits per heavy atom. The molecule has 0 aromatic heterocycles. The molecule has 1 amide bonds. The topological polar surface area (TPSA) is 55.1 Å². The van der Waals surface area contributed by atoms with E-state index in [9.17, 15) is 4.79 Å². The number of rotatable bonds is 5. The molecule has 3 N–H and O–H groups in total. The molecule has 0 rings (SSSR count). The highest BCUT2D eigenvalue weighted by molar-refractivity contribution is 5.76. The largest absolute Gasteiger partial charge is 0.353 e. The predicted molar refractivity (Wildman–Crippen MR) is 59.9 cm³/mol. The summed E-state index contributed by atoms with van der Waals surface area (Å²) >= 11 is 0. The lowest BCUT2D eigenvalue weighted by molar-refractivity contribution is -0.122. The van der Waals surface area contributed by atoms with E-state index < -0.39 is 0 Å². The van der Waals surface area contributed by atoms with E-state index in [2.05, 4.69) is 19.2 Å². The lowest BCUT2D eigenvalue weighted by Crippen LogP contribution is -2.40. The van der Waals surface area contributed by atoms with Crippen LogP contribution in [0, 0.1) is 11.8 Å². The molecule has 2 atom stereocenters. The Kier molecular flexibility index (Phi) is 5.77. The first kappa shape index (κ1) is 13.4. The van der Waals surface area contributed by atoms with Gasteiger partial charge in [0, 0.05) is 18.5 Å². The average Bonchev–Trinajstić information content (AvgIpc) is 2.03. The zero-order chi connectivity index (χ0) is 11.3. The van der Waals surface area contributed by atoms with Crippen molar-refractivity contribution in [3.8, 4) is 0 Å². The molecule has 0 aromatic carbocycles. The Balaban J connectivity index is 3.87. The van der Waals surface area contributed by atoms with Crippen molar-refractivity contribution in [2.45, 2.75) is 53.1 Å². The molecular weight excluding hydrogens is 176 g/mol. The standard InChI is InChI=1S/C11H24N2O/c1-7(2)9(5)13-11(14)6-10(12)8(3)4/h7-10H,6,12H2,1-5H3,(H,13,14). The normalized spacial score (nSPS) is 15.7. The number of nitrogens with two attached hydrogens (primary N) is 1. The maximum absolute atomic E-state index is 11.5. The highest BCUT2D eigenvalue weighted by Crippen LogP contribution is 2.04. The van der Waals surface area contributed by atoms with Gasteiger partial charge in [0.15, 0.2) is 0 Å². The van der Waals surface area contributed by atoms with Crippen molar-refractivity contribution in [2.24, 2.45) is 17.6 Å². The van der Waals surface area contributed by atoms with Crippen LogP contribution < -0.4 is 11.1 Å². The van der Waals surface area contributed by atoms with Crippen LogP contribution in [0.1, 0.15) is 41.0 Å². The quantitative estimate of drug-likeness (QED) is 0.707. The first-order valence-electron chi connectivity index (χ1n) is 5.39. The Morgan fingerprint density at radius 1 is 1.14 bits per heavy atom. The highest BCUT2D eigenvalue weighted by atomic mass is 16.1. The highest BCUT2D eigenvalue weighted by Gasteiger charge is 2.15. The van der Waals surface area contributed by atoms with Crippen molar-refractivity contribution in [3.05, 3.63) is 0 Å². The van der Waals surface area contributed by atoms with Gasteiger partial charge < -0.3 is 11.1 Å². The Morgan fingerprint density at radius 3 is 2.00 bits per heavy atom. The van der Waals surface area contributed by atoms with E-state index in [1.807, 2.05) is 20.8 Å². The van der Waals surface area contributed by atoms with E-state index in [4.69, 9.17) is 5.73 Å². The van der Waals surface area contributed by atoms with Gasteiger partial charge in [0.2, 0.25) is 5.91 Å². The maximum Gasteiger partial charge on any atom is 0.221 e. The molecule has 3 nitrogen and oxygen atoms in total. The molecule has 0 aliphatic heterocycles. The monoisotopic (exact) mass is 200 g/mol. The van der Waals surface area contributed by atoms with Gasteiger partial charge in [0.1, 0.15) is 0 Å². The van der Waals surface area contributed by atoms with Crippen LogP contribution in [-0.4, -0.2) is 18.0 Å². The van der Waals surface area contributed by atoms with Crippen molar-refractivity contribution in [1.82, 2.24) is 5.32 Å². The molecule has 0 heterocycles. The van der Waals surface area contributed by atoms with Crippen LogP contribution in [-0.2, 0) is 4.79 Å². The minimum atomic E-state index is -0.0330. The van der Waals surface area contributed by atoms with E-state index in [0.29, 0.717) is 18.3 Å². The van der Waals surface area contributed by atoms with Crippen molar-refractivity contribution >= 4 is 5.91 Å². The van der Waals surface area contributed by atoms with E-state index >= 15 is 0 Å². The van der Waals surface area contributed by atoms with Crippen LogP contribution >= 0.6 is 0 Å². The van der Waals surface area contributed by atoms with Crippen LogP contribution in [0.3, 0.4) is 0 Å². The van der Waals surface area contributed by atoms with Gasteiger partial charge >= 0.3 is 0 Å². The third-order valence-electron chi connectivity index (χ3n) is 2.67. The second-order valence-corrected chi connectivity index (χ2v) is 4.71. The summed E-state index contributed by atoms with van der Waals surface area (Å²) in [5.74, 6) is 0.886. The number of amides is 1. The van der Waals surface area contributed by atoms with Gasteiger partial charge in [0.05, 0.1) is 0 Å². The zero-order valence-electron chi connectivity index (χ0n) is 10.0. The molecule has 0 saturated carbocycles. The van der Waals surface area contributed by atoms with Crippen LogP contribution in [0.4, 0.5) is 0 Å². The van der Waals surface area contributed by atoms with E-state index in [-0.39, 0.29) is 18.0 Å². The Hall–Kier alpha value is -0.570. The number of hydrogen-bond donors (Lipinski definition) is 2. The van der Waals surface area contributed by atoms with Crippen molar-refractivity contribution in [2.75, 3.05) is 0 Å². The molecule has 0 aromatic rings. The fraction of sp³-hybridized carbons (Fsp3) is 0.909. The van der Waals surface area contributed by atoms with Gasteiger partial charge in [-0.3, -0.25) is 4.79 Å². The van der Waals surface area contributed by atoms with Gasteiger partial charge in [-0.1, -0.05) is 27.7 Å². The maximum atomic E-state index is 11.5. The van der Waals surface area contributed by atoms with Gasteiger partial charge in [0.25, 0.3) is 0 Å². The molecule has 0 saturated heterocycles. The summed E-state index contributed by atoms with van der Waals surface area (Å²) in [5, 5.41) is 2.95. The zero-order valence-corrected chi connectivity index (χ0v) is 10.0. The van der Waals surface area contributed by atoms with Crippen LogP contribution in [0.2, 0.25) is 0 Å². The molecule has 0 radical (unpaired) electrons. The molecule has 0 aliphatic carbocycles. The van der Waals surface area contributed by atoms with Gasteiger partial charge in [-0.15, -0.1) is 0 Å². The van der Waals surface area contributed by atoms with Gasteiger partial charge in [-0.25, -0.2) is 0 Å². The molecule has 0 fully saturated rings. The smallest absolute Gasteiger partial charge is 0.221 e. The molecule has 14 heavy (non-hydrogen) atoms. The van der Waals surface area contributed by atoms with Crippen molar-refractivity contribution < 1.29 is 4.79 Å². The molecule has 0 bridgehead atoms. The molecule has 84 valence electrons. The van der Waals surface area contributed by atoms with E-state index in [1.54, 1.807) is 0 Å². The van der Waals surface area contributed by atoms with Crippen LogP contribution in [0.25, 0.3) is 0 Å². The minimum absolute atomic E-state index is 0.0330. The first-order chi connectivity index (χ1) is 6.34. The summed E-state index contributed by atoms with van der Waals surface area (Å²) in [6, 6.07) is 0.191. The van der Waals surface area contributed by atoms with E-state index in [0.717, 1.165) is 0 Å². The fourth-order valence-electron chi connectivity index (χ4n) is 0.929. The van der Waals surface area contributed by atoms with Crippen LogP contribution in [0.5, 0.6) is 0 Å². The number of hydrogen-bond acceptors (Lipinski definition) is 2. The molecule has 2 unspecified atom stereocenters. The first-order valence-corrected chi connectivity index (χ1v) is 5.39. The third kappa shape index (κ3) is 5.22. The summed E-state index contributed by atoms with van der Waals surface area (Å²) in [4.78, 5) is 11.5.